The minimum absolute atomic E-state index is 0.343. The van der Waals surface area contributed by atoms with Gasteiger partial charge in [-0.2, -0.15) is 5.10 Å². The maximum absolute atomic E-state index is 12.8. The van der Waals surface area contributed by atoms with Crippen LogP contribution in [0, 0.1) is 0 Å². The normalized spacial score (nSPS) is 10.7. The van der Waals surface area contributed by atoms with E-state index in [9.17, 15) is 4.79 Å². The number of hydrogen-bond donors (Lipinski definition) is 2. The number of urea groups is 1. The summed E-state index contributed by atoms with van der Waals surface area (Å²) in [7, 11) is 3.12. The fourth-order valence-corrected chi connectivity index (χ4v) is 3.98. The second-order valence-electron chi connectivity index (χ2n) is 8.26. The molecule has 10 heteroatoms. The van der Waals surface area contributed by atoms with Crippen LogP contribution in [0.15, 0.2) is 79.3 Å². The van der Waals surface area contributed by atoms with Crippen LogP contribution in [0.4, 0.5) is 16.3 Å². The molecule has 0 saturated carbocycles. The van der Waals surface area contributed by atoms with Crippen LogP contribution in [-0.4, -0.2) is 40.0 Å². The minimum Gasteiger partial charge on any atom is -0.493 e. The van der Waals surface area contributed by atoms with Gasteiger partial charge < -0.3 is 19.5 Å². The molecular formula is C28H26N6O4. The van der Waals surface area contributed by atoms with Crippen molar-refractivity contribution in [1.82, 2.24) is 19.7 Å². The summed E-state index contributed by atoms with van der Waals surface area (Å²) in [4.78, 5) is 21.4. The predicted molar refractivity (Wildman–Crippen MR) is 145 cm³/mol. The van der Waals surface area contributed by atoms with Gasteiger partial charge in [-0.05, 0) is 42.3 Å². The quantitative estimate of drug-likeness (QED) is 0.270. The van der Waals surface area contributed by atoms with Crippen LogP contribution in [0.1, 0.15) is 12.5 Å². The summed E-state index contributed by atoms with van der Waals surface area (Å²) in [5.74, 6) is 2.46. The number of rotatable bonds is 8. The zero-order valence-corrected chi connectivity index (χ0v) is 21.1. The smallest absolute Gasteiger partial charge is 0.324 e. The van der Waals surface area contributed by atoms with E-state index in [1.807, 2.05) is 18.2 Å². The number of amides is 2. The first-order valence-corrected chi connectivity index (χ1v) is 11.9. The Balaban J connectivity index is 1.32. The largest absolute Gasteiger partial charge is 0.493 e. The molecule has 3 aromatic carbocycles. The number of ether oxygens (including phenoxy) is 3. The molecule has 2 aromatic heterocycles. The highest BCUT2D eigenvalue weighted by atomic mass is 16.5. The number of aryl methyl sites for hydroxylation is 1. The molecule has 2 heterocycles. The Hall–Kier alpha value is -5.12. The Kier molecular flexibility index (Phi) is 7.03. The number of fused-ring (bicyclic) bond motifs is 1. The number of nitrogens with one attached hydrogen (secondary N) is 2. The van der Waals surface area contributed by atoms with Gasteiger partial charge in [0.2, 0.25) is 5.88 Å². The number of carbonyl (C=O) groups excluding carboxylic acids is 1. The number of hydrogen-bond acceptors (Lipinski definition) is 7. The highest BCUT2D eigenvalue weighted by Crippen LogP contribution is 2.36. The number of nitrogens with zero attached hydrogens (tertiary/aromatic N) is 4. The highest BCUT2D eigenvalue weighted by Gasteiger charge is 2.14. The molecule has 2 N–H and O–H groups in total. The zero-order chi connectivity index (χ0) is 26.5. The Morgan fingerprint density at radius 2 is 1.74 bits per heavy atom. The molecule has 0 bridgehead atoms. The average Bonchev–Trinajstić information content (AvgIpc) is 3.40. The Morgan fingerprint density at radius 3 is 2.55 bits per heavy atom. The van der Waals surface area contributed by atoms with Crippen molar-refractivity contribution in [2.75, 3.05) is 24.9 Å². The Morgan fingerprint density at radius 1 is 0.921 bits per heavy atom. The molecule has 2 amide bonds. The fourth-order valence-electron chi connectivity index (χ4n) is 3.98. The van der Waals surface area contributed by atoms with Gasteiger partial charge in [0, 0.05) is 23.9 Å². The monoisotopic (exact) mass is 510 g/mol. The third-order valence-corrected chi connectivity index (χ3v) is 5.86. The summed E-state index contributed by atoms with van der Waals surface area (Å²) < 4.78 is 18.5. The first-order chi connectivity index (χ1) is 18.6. The minimum atomic E-state index is -0.417. The molecule has 0 fully saturated rings. The van der Waals surface area contributed by atoms with Gasteiger partial charge >= 0.3 is 6.03 Å². The van der Waals surface area contributed by atoms with Crippen molar-refractivity contribution in [3.8, 4) is 28.8 Å². The van der Waals surface area contributed by atoms with Gasteiger partial charge in [-0.3, -0.25) is 5.32 Å². The summed E-state index contributed by atoms with van der Waals surface area (Å²) in [6, 6.07) is 19.9. The first-order valence-electron chi connectivity index (χ1n) is 11.9. The SMILES string of the molecule is CCc1cccc(-n2nccc2NC(=O)Nc2cccc(Oc3ncnc4cc(OC)c(OC)cc34)c2)c1. The van der Waals surface area contributed by atoms with Gasteiger partial charge in [-0.25, -0.2) is 19.4 Å². The summed E-state index contributed by atoms with van der Waals surface area (Å²) in [6.07, 6.45) is 3.96. The summed E-state index contributed by atoms with van der Waals surface area (Å²) >= 11 is 0. The van der Waals surface area contributed by atoms with E-state index in [0.717, 1.165) is 12.1 Å². The van der Waals surface area contributed by atoms with E-state index in [0.29, 0.717) is 45.5 Å². The van der Waals surface area contributed by atoms with Crippen molar-refractivity contribution in [1.29, 1.82) is 0 Å². The van der Waals surface area contributed by atoms with Crippen molar-refractivity contribution < 1.29 is 19.0 Å². The third kappa shape index (κ3) is 5.19. The first kappa shape index (κ1) is 24.6. The molecule has 192 valence electrons. The van der Waals surface area contributed by atoms with Gasteiger partial charge in [-0.1, -0.05) is 25.1 Å². The van der Waals surface area contributed by atoms with Crippen molar-refractivity contribution in [2.24, 2.45) is 0 Å². The molecule has 0 spiro atoms. The standard InChI is InChI=1S/C28H26N6O4/c1-4-18-7-5-9-20(13-18)34-26(11-12-31-34)33-28(35)32-19-8-6-10-21(14-19)38-27-22-15-24(36-2)25(37-3)16-23(22)29-17-30-27/h5-17H,4H2,1-3H3,(H2,32,33,35). The Labute approximate surface area is 219 Å². The lowest BCUT2D eigenvalue weighted by atomic mass is 10.1. The molecule has 0 atom stereocenters. The van der Waals surface area contributed by atoms with Gasteiger partial charge in [-0.15, -0.1) is 0 Å². The number of aromatic nitrogens is 4. The van der Waals surface area contributed by atoms with Crippen molar-refractivity contribution in [2.45, 2.75) is 13.3 Å². The fraction of sp³-hybridized carbons (Fsp3) is 0.143. The lowest BCUT2D eigenvalue weighted by molar-refractivity contribution is 0.262. The maximum atomic E-state index is 12.8. The highest BCUT2D eigenvalue weighted by molar-refractivity contribution is 5.99. The van der Waals surface area contributed by atoms with E-state index in [1.165, 1.54) is 11.9 Å². The maximum Gasteiger partial charge on any atom is 0.324 e. The van der Waals surface area contributed by atoms with Crippen LogP contribution in [0.25, 0.3) is 16.6 Å². The molecule has 0 unspecified atom stereocenters. The van der Waals surface area contributed by atoms with E-state index < -0.39 is 6.03 Å². The van der Waals surface area contributed by atoms with Crippen LogP contribution in [-0.2, 0) is 6.42 Å². The molecule has 10 nitrogen and oxygen atoms in total. The van der Waals surface area contributed by atoms with E-state index >= 15 is 0 Å². The summed E-state index contributed by atoms with van der Waals surface area (Å²) in [5, 5.41) is 10.7. The van der Waals surface area contributed by atoms with Gasteiger partial charge in [0.25, 0.3) is 0 Å². The van der Waals surface area contributed by atoms with Crippen LogP contribution in [0.3, 0.4) is 0 Å². The zero-order valence-electron chi connectivity index (χ0n) is 21.1. The van der Waals surface area contributed by atoms with Crippen molar-refractivity contribution in [3.63, 3.8) is 0 Å². The second kappa shape index (κ2) is 10.9. The van der Waals surface area contributed by atoms with E-state index in [2.05, 4.69) is 38.7 Å². The molecule has 5 rings (SSSR count). The average molecular weight is 511 g/mol. The lowest BCUT2D eigenvalue weighted by Crippen LogP contribution is -2.21. The van der Waals surface area contributed by atoms with Gasteiger partial charge in [0.05, 0.1) is 37.0 Å². The van der Waals surface area contributed by atoms with Crippen LogP contribution in [0.2, 0.25) is 0 Å². The Bertz CT molecular complexity index is 1600. The molecule has 0 aliphatic heterocycles. The van der Waals surface area contributed by atoms with Gasteiger partial charge in [0.1, 0.15) is 17.9 Å². The van der Waals surface area contributed by atoms with Crippen molar-refractivity contribution in [3.05, 3.63) is 84.8 Å². The van der Waals surface area contributed by atoms with E-state index in [4.69, 9.17) is 14.2 Å². The number of anilines is 2. The van der Waals surface area contributed by atoms with Crippen LogP contribution < -0.4 is 24.8 Å². The summed E-state index contributed by atoms with van der Waals surface area (Å²) in [5.41, 5.74) is 3.23. The van der Waals surface area contributed by atoms with Crippen LogP contribution in [0.5, 0.6) is 23.1 Å². The molecule has 38 heavy (non-hydrogen) atoms. The van der Waals surface area contributed by atoms with Crippen LogP contribution >= 0.6 is 0 Å². The molecule has 0 aliphatic carbocycles. The van der Waals surface area contributed by atoms with Crippen molar-refractivity contribution >= 4 is 28.4 Å². The summed E-state index contributed by atoms with van der Waals surface area (Å²) in [6.45, 7) is 2.09. The molecule has 5 aromatic rings. The molecule has 0 radical (unpaired) electrons. The molecule has 0 aliphatic rings. The number of benzene rings is 3. The number of carbonyl (C=O) groups is 1. The predicted octanol–water partition coefficient (Wildman–Crippen LogP) is 5.83. The lowest BCUT2D eigenvalue weighted by Gasteiger charge is -2.13. The van der Waals surface area contributed by atoms with Gasteiger partial charge in [0.15, 0.2) is 11.5 Å². The topological polar surface area (TPSA) is 112 Å². The molecular weight excluding hydrogens is 484 g/mol. The van der Waals surface area contributed by atoms with E-state index in [-0.39, 0.29) is 0 Å². The second-order valence-corrected chi connectivity index (χ2v) is 8.26. The number of methoxy groups -OCH3 is 2. The third-order valence-electron chi connectivity index (χ3n) is 5.86. The van der Waals surface area contributed by atoms with E-state index in [1.54, 1.807) is 67.6 Å². The molecule has 0 saturated heterocycles.